The van der Waals surface area contributed by atoms with Crippen molar-refractivity contribution in [3.8, 4) is 0 Å². The van der Waals surface area contributed by atoms with Crippen LogP contribution in [0.2, 0.25) is 0 Å². The second kappa shape index (κ2) is 12.6. The fraction of sp³-hybridized carbons (Fsp3) is 0.650. The lowest BCUT2D eigenvalue weighted by Gasteiger charge is -2.39. The number of benzene rings is 1. The van der Waals surface area contributed by atoms with Crippen molar-refractivity contribution in [2.24, 2.45) is 10.9 Å². The van der Waals surface area contributed by atoms with E-state index in [9.17, 15) is 8.42 Å². The molecule has 0 aromatic heterocycles. The fourth-order valence-corrected chi connectivity index (χ4v) is 4.21. The molecule has 2 unspecified atom stereocenters. The third-order valence-electron chi connectivity index (χ3n) is 5.07. The quantitative estimate of drug-likeness (QED) is 0.238. The molecule has 1 fully saturated rings. The zero-order chi connectivity index (χ0) is 19.7. The molecule has 1 aliphatic rings. The van der Waals surface area contributed by atoms with Crippen LogP contribution in [-0.4, -0.2) is 57.8 Å². The minimum absolute atomic E-state index is 0. The molecule has 160 valence electrons. The highest BCUT2D eigenvalue weighted by Gasteiger charge is 2.28. The van der Waals surface area contributed by atoms with Gasteiger partial charge in [0.05, 0.1) is 5.75 Å². The highest BCUT2D eigenvalue weighted by molar-refractivity contribution is 14.0. The van der Waals surface area contributed by atoms with E-state index in [1.54, 1.807) is 6.92 Å². The second-order valence-corrected chi connectivity index (χ2v) is 9.21. The Hall–Kier alpha value is -0.870. The topological polar surface area (TPSA) is 73.8 Å². The molecule has 0 saturated carbocycles. The standard InChI is InChI=1S/C20H34N4O2S.HI/c1-4-21-20(22-13-9-14-23-27(25,26)5-2)24-15-12-19(17(3)16-24)18-10-7-6-8-11-18;/h6-8,10-11,17,19,23H,4-5,9,12-16H2,1-3H3,(H,21,22);1H. The van der Waals surface area contributed by atoms with E-state index in [2.05, 4.69) is 59.1 Å². The molecule has 1 aliphatic heterocycles. The van der Waals surface area contributed by atoms with Crippen LogP contribution in [0.5, 0.6) is 0 Å². The zero-order valence-electron chi connectivity index (χ0n) is 17.2. The maximum absolute atomic E-state index is 11.5. The average Bonchev–Trinajstić information content (AvgIpc) is 2.67. The Balaban J connectivity index is 0.00000392. The summed E-state index contributed by atoms with van der Waals surface area (Å²) in [6.07, 6.45) is 1.82. The van der Waals surface area contributed by atoms with Crippen LogP contribution < -0.4 is 10.0 Å². The summed E-state index contributed by atoms with van der Waals surface area (Å²) in [6.45, 7) is 9.87. The van der Waals surface area contributed by atoms with Crippen molar-refractivity contribution in [2.75, 3.05) is 38.5 Å². The molecule has 0 spiro atoms. The molecule has 0 amide bonds. The van der Waals surface area contributed by atoms with E-state index in [1.807, 2.05) is 0 Å². The largest absolute Gasteiger partial charge is 0.357 e. The molecular weight excluding hydrogens is 487 g/mol. The number of halogens is 1. The monoisotopic (exact) mass is 522 g/mol. The van der Waals surface area contributed by atoms with Crippen molar-refractivity contribution >= 4 is 40.0 Å². The summed E-state index contributed by atoms with van der Waals surface area (Å²) in [7, 11) is -3.12. The summed E-state index contributed by atoms with van der Waals surface area (Å²) in [5.41, 5.74) is 1.43. The van der Waals surface area contributed by atoms with Crippen LogP contribution in [0.4, 0.5) is 0 Å². The van der Waals surface area contributed by atoms with Crippen molar-refractivity contribution in [3.63, 3.8) is 0 Å². The van der Waals surface area contributed by atoms with Gasteiger partial charge in [-0.15, -0.1) is 24.0 Å². The van der Waals surface area contributed by atoms with Crippen LogP contribution in [0.3, 0.4) is 0 Å². The second-order valence-electron chi connectivity index (χ2n) is 7.12. The van der Waals surface area contributed by atoms with Gasteiger partial charge in [-0.05, 0) is 44.1 Å². The Morgan fingerprint density at radius 1 is 1.25 bits per heavy atom. The van der Waals surface area contributed by atoms with Crippen LogP contribution in [0.1, 0.15) is 45.1 Å². The van der Waals surface area contributed by atoms with E-state index >= 15 is 0 Å². The van der Waals surface area contributed by atoms with Gasteiger partial charge in [-0.2, -0.15) is 0 Å². The average molecular weight is 522 g/mol. The van der Waals surface area contributed by atoms with Gasteiger partial charge in [0.1, 0.15) is 0 Å². The van der Waals surface area contributed by atoms with Crippen molar-refractivity contribution in [1.82, 2.24) is 14.9 Å². The first-order valence-electron chi connectivity index (χ1n) is 10.0. The van der Waals surface area contributed by atoms with Gasteiger partial charge in [0.2, 0.25) is 10.0 Å². The van der Waals surface area contributed by atoms with Crippen molar-refractivity contribution in [2.45, 2.75) is 39.5 Å². The van der Waals surface area contributed by atoms with Crippen molar-refractivity contribution < 1.29 is 8.42 Å². The van der Waals surface area contributed by atoms with Gasteiger partial charge in [-0.25, -0.2) is 13.1 Å². The third kappa shape index (κ3) is 7.87. The van der Waals surface area contributed by atoms with Gasteiger partial charge in [0.15, 0.2) is 5.96 Å². The molecule has 2 rings (SSSR count). The predicted octanol–water partition coefficient (Wildman–Crippen LogP) is 3.02. The van der Waals surface area contributed by atoms with Gasteiger partial charge in [0, 0.05) is 32.7 Å². The number of sulfonamides is 1. The van der Waals surface area contributed by atoms with Gasteiger partial charge in [0.25, 0.3) is 0 Å². The van der Waals surface area contributed by atoms with Crippen molar-refractivity contribution in [3.05, 3.63) is 35.9 Å². The van der Waals surface area contributed by atoms with Crippen LogP contribution in [0.25, 0.3) is 0 Å². The molecule has 0 aliphatic carbocycles. The minimum Gasteiger partial charge on any atom is -0.357 e. The van der Waals surface area contributed by atoms with Crippen LogP contribution in [0.15, 0.2) is 35.3 Å². The zero-order valence-corrected chi connectivity index (χ0v) is 20.4. The molecule has 8 heteroatoms. The maximum Gasteiger partial charge on any atom is 0.211 e. The normalized spacial score (nSPS) is 20.5. The van der Waals surface area contributed by atoms with E-state index in [4.69, 9.17) is 4.99 Å². The molecular formula is C20H35IN4O2S. The number of nitrogens with zero attached hydrogens (tertiary/aromatic N) is 2. The summed E-state index contributed by atoms with van der Waals surface area (Å²) in [5.74, 6) is 2.21. The molecule has 28 heavy (non-hydrogen) atoms. The Bertz CT molecular complexity index is 697. The Kier molecular flexibility index (Phi) is 11.4. The molecule has 2 N–H and O–H groups in total. The number of rotatable bonds is 8. The molecule has 0 bridgehead atoms. The van der Waals surface area contributed by atoms with Crippen molar-refractivity contribution in [1.29, 1.82) is 0 Å². The minimum atomic E-state index is -3.12. The first kappa shape index (κ1) is 25.2. The summed E-state index contributed by atoms with van der Waals surface area (Å²) in [5, 5.41) is 3.38. The lowest BCUT2D eigenvalue weighted by atomic mass is 9.82. The van der Waals surface area contributed by atoms with E-state index in [-0.39, 0.29) is 29.7 Å². The Morgan fingerprint density at radius 2 is 1.96 bits per heavy atom. The number of hydrogen-bond donors (Lipinski definition) is 2. The molecule has 1 aromatic carbocycles. The first-order chi connectivity index (χ1) is 13.0. The smallest absolute Gasteiger partial charge is 0.211 e. The van der Waals surface area contributed by atoms with Gasteiger partial charge in [-0.1, -0.05) is 37.3 Å². The van der Waals surface area contributed by atoms with E-state index in [0.29, 0.717) is 31.3 Å². The number of nitrogens with one attached hydrogen (secondary N) is 2. The maximum atomic E-state index is 11.5. The number of piperidine rings is 1. The Labute approximate surface area is 187 Å². The van der Waals surface area contributed by atoms with Crippen LogP contribution in [0, 0.1) is 5.92 Å². The van der Waals surface area contributed by atoms with Crippen LogP contribution >= 0.6 is 24.0 Å². The fourth-order valence-electron chi connectivity index (χ4n) is 3.55. The van der Waals surface area contributed by atoms with Gasteiger partial charge < -0.3 is 10.2 Å². The lowest BCUT2D eigenvalue weighted by Crippen LogP contribution is -2.48. The highest BCUT2D eigenvalue weighted by atomic mass is 127. The molecule has 1 heterocycles. The van der Waals surface area contributed by atoms with E-state index < -0.39 is 10.0 Å². The first-order valence-corrected chi connectivity index (χ1v) is 11.7. The Morgan fingerprint density at radius 3 is 2.57 bits per heavy atom. The number of likely N-dealkylation sites (tertiary alicyclic amines) is 1. The van der Waals surface area contributed by atoms with Gasteiger partial charge in [-0.3, -0.25) is 4.99 Å². The summed E-state index contributed by atoms with van der Waals surface area (Å²) in [6, 6.07) is 10.8. The van der Waals surface area contributed by atoms with Gasteiger partial charge >= 0.3 is 0 Å². The molecule has 0 radical (unpaired) electrons. The number of aliphatic imine (C=N–C) groups is 1. The molecule has 1 saturated heterocycles. The molecule has 2 atom stereocenters. The van der Waals surface area contributed by atoms with E-state index in [1.165, 1.54) is 5.56 Å². The van der Waals surface area contributed by atoms with E-state index in [0.717, 1.165) is 32.0 Å². The lowest BCUT2D eigenvalue weighted by molar-refractivity contribution is 0.234. The van der Waals surface area contributed by atoms with Crippen LogP contribution in [-0.2, 0) is 10.0 Å². The molecule has 6 nitrogen and oxygen atoms in total. The predicted molar refractivity (Wildman–Crippen MR) is 128 cm³/mol. The summed E-state index contributed by atoms with van der Waals surface area (Å²) < 4.78 is 25.5. The number of guanidine groups is 1. The summed E-state index contributed by atoms with van der Waals surface area (Å²) in [4.78, 5) is 7.05. The third-order valence-corrected chi connectivity index (χ3v) is 6.47. The summed E-state index contributed by atoms with van der Waals surface area (Å²) >= 11 is 0. The SMILES string of the molecule is CCNC(=NCCCNS(=O)(=O)CC)N1CCC(c2ccccc2)C(C)C1.I. The highest BCUT2D eigenvalue weighted by Crippen LogP contribution is 2.32. The number of hydrogen-bond acceptors (Lipinski definition) is 3. The molecule has 1 aromatic rings.